The van der Waals surface area contributed by atoms with Crippen molar-refractivity contribution in [3.8, 4) is 0 Å². The van der Waals surface area contributed by atoms with E-state index in [9.17, 15) is 4.79 Å². The second kappa shape index (κ2) is 8.09. The van der Waals surface area contributed by atoms with Crippen LogP contribution in [0.15, 0.2) is 0 Å². The summed E-state index contributed by atoms with van der Waals surface area (Å²) in [6, 6.07) is 0. The lowest BCUT2D eigenvalue weighted by molar-refractivity contribution is -0.147. The van der Waals surface area contributed by atoms with Gasteiger partial charge < -0.3 is 5.11 Å². The molecule has 0 amide bonds. The second-order valence-electron chi connectivity index (χ2n) is 3.90. The number of carbonyl (C=O) groups is 1. The zero-order chi connectivity index (χ0) is 10.9. The van der Waals surface area contributed by atoms with Crippen LogP contribution in [0.5, 0.6) is 0 Å². The molecule has 0 unspecified atom stereocenters. The first-order valence-electron chi connectivity index (χ1n) is 5.15. The van der Waals surface area contributed by atoms with Crippen LogP contribution < -0.4 is 0 Å². The van der Waals surface area contributed by atoms with Gasteiger partial charge in [-0.05, 0) is 20.3 Å². The van der Waals surface area contributed by atoms with Crippen LogP contribution in [0.1, 0.15) is 60.3 Å². The molecular weight excluding hydrogens is 164 g/mol. The Balaban J connectivity index is 0. The van der Waals surface area contributed by atoms with Gasteiger partial charge >= 0.3 is 5.97 Å². The molecule has 0 aliphatic carbocycles. The fraction of sp³-hybridized carbons (Fsp3) is 0.909. The summed E-state index contributed by atoms with van der Waals surface area (Å²) in [6.45, 7) is 9.73. The molecule has 1 N–H and O–H groups in total. The lowest BCUT2D eigenvalue weighted by Gasteiger charge is -2.14. The van der Waals surface area contributed by atoms with E-state index in [4.69, 9.17) is 5.11 Å². The average Bonchev–Trinajstić information content (AvgIpc) is 2.07. The van der Waals surface area contributed by atoms with Gasteiger partial charge in [0.05, 0.1) is 5.41 Å². The van der Waals surface area contributed by atoms with Gasteiger partial charge in [0.15, 0.2) is 0 Å². The quantitative estimate of drug-likeness (QED) is 0.730. The van der Waals surface area contributed by atoms with Crippen LogP contribution in [0.25, 0.3) is 0 Å². The molecule has 0 saturated carbocycles. The molecule has 0 bridgehead atoms. The maximum Gasteiger partial charge on any atom is 0.309 e. The molecule has 0 heterocycles. The topological polar surface area (TPSA) is 37.3 Å². The van der Waals surface area contributed by atoms with E-state index < -0.39 is 11.4 Å². The zero-order valence-corrected chi connectivity index (χ0v) is 9.68. The molecule has 0 spiro atoms. The minimum Gasteiger partial charge on any atom is -0.481 e. The number of hydrogen-bond acceptors (Lipinski definition) is 1. The van der Waals surface area contributed by atoms with Crippen molar-refractivity contribution in [1.82, 2.24) is 0 Å². The summed E-state index contributed by atoms with van der Waals surface area (Å²) in [7, 11) is 0. The van der Waals surface area contributed by atoms with E-state index in [2.05, 4.69) is 13.8 Å². The van der Waals surface area contributed by atoms with Crippen LogP contribution >= 0.6 is 0 Å². The molecule has 0 rings (SSSR count). The van der Waals surface area contributed by atoms with Gasteiger partial charge in [-0.2, -0.15) is 0 Å². The van der Waals surface area contributed by atoms with Crippen LogP contribution in [0.3, 0.4) is 0 Å². The Morgan fingerprint density at radius 1 is 1.15 bits per heavy atom. The van der Waals surface area contributed by atoms with E-state index in [0.717, 1.165) is 0 Å². The summed E-state index contributed by atoms with van der Waals surface area (Å²) in [5.41, 5.74) is -0.542. The Hall–Kier alpha value is -0.530. The van der Waals surface area contributed by atoms with E-state index in [1.807, 2.05) is 6.92 Å². The Morgan fingerprint density at radius 3 is 1.54 bits per heavy atom. The maximum absolute atomic E-state index is 10.3. The number of aliphatic carboxylic acids is 1. The fourth-order valence-electron chi connectivity index (χ4n) is 0.505. The fourth-order valence-corrected chi connectivity index (χ4v) is 0.505. The van der Waals surface area contributed by atoms with E-state index in [0.29, 0.717) is 6.42 Å². The molecule has 0 aliphatic rings. The molecule has 0 radical (unpaired) electrons. The summed E-state index contributed by atoms with van der Waals surface area (Å²) in [6.07, 6.45) is 4.76. The normalized spacial score (nSPS) is 10.2. The Bertz CT molecular complexity index is 126. The molecule has 2 heteroatoms. The smallest absolute Gasteiger partial charge is 0.309 e. The minimum atomic E-state index is -0.722. The predicted octanol–water partition coefficient (Wildman–Crippen LogP) is 3.70. The van der Waals surface area contributed by atoms with Crippen LogP contribution in [-0.4, -0.2) is 11.1 Å². The molecule has 0 aromatic rings. The highest BCUT2D eigenvalue weighted by Gasteiger charge is 2.23. The molecule has 13 heavy (non-hydrogen) atoms. The van der Waals surface area contributed by atoms with E-state index in [1.54, 1.807) is 13.8 Å². The van der Waals surface area contributed by atoms with Gasteiger partial charge in [-0.25, -0.2) is 0 Å². The van der Waals surface area contributed by atoms with Gasteiger partial charge in [0.25, 0.3) is 0 Å². The van der Waals surface area contributed by atoms with Gasteiger partial charge in [-0.15, -0.1) is 0 Å². The first kappa shape index (κ1) is 15.0. The second-order valence-corrected chi connectivity index (χ2v) is 3.90. The number of rotatable bonds is 4. The van der Waals surface area contributed by atoms with E-state index >= 15 is 0 Å². The Kier molecular flexibility index (Phi) is 9.31. The van der Waals surface area contributed by atoms with Crippen molar-refractivity contribution in [3.63, 3.8) is 0 Å². The van der Waals surface area contributed by atoms with Crippen molar-refractivity contribution in [2.75, 3.05) is 0 Å². The van der Waals surface area contributed by atoms with Crippen molar-refractivity contribution >= 4 is 5.97 Å². The largest absolute Gasteiger partial charge is 0.481 e. The lowest BCUT2D eigenvalue weighted by Crippen LogP contribution is -2.21. The third-order valence-corrected chi connectivity index (χ3v) is 2.17. The molecule has 0 aromatic heterocycles. The van der Waals surface area contributed by atoms with Crippen molar-refractivity contribution < 1.29 is 9.90 Å². The van der Waals surface area contributed by atoms with Gasteiger partial charge in [-0.1, -0.05) is 40.0 Å². The summed E-state index contributed by atoms with van der Waals surface area (Å²) >= 11 is 0. The van der Waals surface area contributed by atoms with Crippen molar-refractivity contribution in [3.05, 3.63) is 0 Å². The van der Waals surface area contributed by atoms with Crippen molar-refractivity contribution in [2.24, 2.45) is 5.41 Å². The highest BCUT2D eigenvalue weighted by Crippen LogP contribution is 2.18. The standard InChI is InChI=1S/C6H12O2.C5H12/c1-4-6(2,3)5(7)8;1-3-5-4-2/h4H2,1-3H3,(H,7,8);3-5H2,1-2H3. The molecule has 0 aliphatic heterocycles. The van der Waals surface area contributed by atoms with Crippen LogP contribution in [0.4, 0.5) is 0 Å². The maximum atomic E-state index is 10.3. The van der Waals surface area contributed by atoms with Crippen molar-refractivity contribution in [1.29, 1.82) is 0 Å². The average molecular weight is 188 g/mol. The predicted molar refractivity (Wildman–Crippen MR) is 56.9 cm³/mol. The Morgan fingerprint density at radius 2 is 1.54 bits per heavy atom. The highest BCUT2D eigenvalue weighted by atomic mass is 16.4. The SMILES string of the molecule is CCC(C)(C)C(=O)O.CCCCC. The van der Waals surface area contributed by atoms with Gasteiger partial charge in [-0.3, -0.25) is 4.79 Å². The molecular formula is C11H24O2. The number of carboxylic acids is 1. The van der Waals surface area contributed by atoms with Crippen molar-refractivity contribution in [2.45, 2.75) is 60.3 Å². The first-order valence-corrected chi connectivity index (χ1v) is 5.15. The molecule has 0 aromatic carbocycles. The van der Waals surface area contributed by atoms with Gasteiger partial charge in [0.1, 0.15) is 0 Å². The monoisotopic (exact) mass is 188 g/mol. The summed E-state index contributed by atoms with van der Waals surface area (Å²) in [5, 5.41) is 8.44. The molecule has 0 saturated heterocycles. The number of unbranched alkanes of at least 4 members (excludes halogenated alkanes) is 2. The number of carboxylic acid groups (broad SMARTS) is 1. The van der Waals surface area contributed by atoms with Crippen LogP contribution in [0.2, 0.25) is 0 Å². The highest BCUT2D eigenvalue weighted by molar-refractivity contribution is 5.73. The summed E-state index contributed by atoms with van der Waals surface area (Å²) < 4.78 is 0. The third-order valence-electron chi connectivity index (χ3n) is 2.17. The van der Waals surface area contributed by atoms with Gasteiger partial charge in [0, 0.05) is 0 Å². The Labute approximate surface area is 82.4 Å². The first-order chi connectivity index (χ1) is 5.92. The minimum absolute atomic E-state index is 0.542. The van der Waals surface area contributed by atoms with Crippen LogP contribution in [-0.2, 0) is 4.79 Å². The van der Waals surface area contributed by atoms with E-state index in [-0.39, 0.29) is 0 Å². The molecule has 0 atom stereocenters. The van der Waals surface area contributed by atoms with Gasteiger partial charge in [0.2, 0.25) is 0 Å². The number of hydrogen-bond donors (Lipinski definition) is 1. The van der Waals surface area contributed by atoms with Crippen LogP contribution in [0, 0.1) is 5.41 Å². The molecule has 0 fully saturated rings. The van der Waals surface area contributed by atoms with E-state index in [1.165, 1.54) is 19.3 Å². The third kappa shape index (κ3) is 9.38. The zero-order valence-electron chi connectivity index (χ0n) is 9.68. The molecule has 80 valence electrons. The summed E-state index contributed by atoms with van der Waals surface area (Å²) in [4.78, 5) is 10.3. The lowest BCUT2D eigenvalue weighted by atomic mass is 9.91. The molecule has 2 nitrogen and oxygen atoms in total. The summed E-state index contributed by atoms with van der Waals surface area (Å²) in [5.74, 6) is -0.722.